The van der Waals surface area contributed by atoms with Crippen molar-refractivity contribution in [2.24, 2.45) is 0 Å². The smallest absolute Gasteiger partial charge is 0.319 e. The molecule has 0 atom stereocenters. The number of rotatable bonds is 4. The predicted octanol–water partition coefficient (Wildman–Crippen LogP) is 4.47. The maximum atomic E-state index is 12.6. The Kier molecular flexibility index (Phi) is 4.35. The Labute approximate surface area is 151 Å². The summed E-state index contributed by atoms with van der Waals surface area (Å²) >= 11 is 0. The molecule has 5 heteroatoms. The number of carbonyl (C=O) groups excluding carboxylic acids is 1. The molecule has 1 heterocycles. The van der Waals surface area contributed by atoms with Crippen LogP contribution in [-0.2, 0) is 0 Å². The maximum absolute atomic E-state index is 12.6. The van der Waals surface area contributed by atoms with Gasteiger partial charge in [-0.2, -0.15) is 0 Å². The third-order valence-corrected chi connectivity index (χ3v) is 4.22. The van der Waals surface area contributed by atoms with Crippen molar-refractivity contribution in [1.29, 1.82) is 0 Å². The van der Waals surface area contributed by atoms with Crippen LogP contribution in [0.4, 0.5) is 10.5 Å². The maximum Gasteiger partial charge on any atom is 0.319 e. The highest BCUT2D eigenvalue weighted by atomic mass is 16.2. The topological polar surface area (TPSA) is 69.8 Å². The number of fused-ring (bicyclic) bond motifs is 1. The summed E-state index contributed by atoms with van der Waals surface area (Å²) < 4.78 is 0. The molecule has 0 aliphatic carbocycles. The summed E-state index contributed by atoms with van der Waals surface area (Å²) in [5, 5.41) is 5.96. The molecule has 3 N–H and O–H groups in total. The first-order chi connectivity index (χ1) is 12.8. The van der Waals surface area contributed by atoms with E-state index in [2.05, 4.69) is 20.6 Å². The molecule has 0 aliphatic heterocycles. The second-order valence-corrected chi connectivity index (χ2v) is 5.99. The van der Waals surface area contributed by atoms with Gasteiger partial charge in [0.15, 0.2) is 0 Å². The first-order valence-corrected chi connectivity index (χ1v) is 8.40. The summed E-state index contributed by atoms with van der Waals surface area (Å²) in [6.45, 7) is 0. The van der Waals surface area contributed by atoms with Crippen molar-refractivity contribution in [3.05, 3.63) is 96.3 Å². The van der Waals surface area contributed by atoms with Gasteiger partial charge in [0.25, 0.3) is 0 Å². The van der Waals surface area contributed by atoms with Crippen LogP contribution < -0.4 is 10.6 Å². The van der Waals surface area contributed by atoms with Crippen LogP contribution in [0.3, 0.4) is 0 Å². The molecule has 0 aliphatic rings. The third-order valence-electron chi connectivity index (χ3n) is 4.22. The summed E-state index contributed by atoms with van der Waals surface area (Å²) in [4.78, 5) is 19.8. The number of aromatic nitrogens is 2. The van der Waals surface area contributed by atoms with Gasteiger partial charge in [-0.05, 0) is 29.3 Å². The molecule has 0 saturated heterocycles. The molecule has 0 spiro atoms. The lowest BCUT2D eigenvalue weighted by Crippen LogP contribution is -2.33. The molecule has 0 unspecified atom stereocenters. The molecule has 0 radical (unpaired) electrons. The van der Waals surface area contributed by atoms with E-state index in [-0.39, 0.29) is 12.1 Å². The lowest BCUT2D eigenvalue weighted by atomic mass is 9.99. The van der Waals surface area contributed by atoms with Crippen LogP contribution in [0.1, 0.15) is 17.2 Å². The van der Waals surface area contributed by atoms with E-state index in [9.17, 15) is 4.79 Å². The van der Waals surface area contributed by atoms with Crippen molar-refractivity contribution in [2.75, 3.05) is 5.32 Å². The molecule has 4 aromatic rings. The van der Waals surface area contributed by atoms with E-state index in [0.29, 0.717) is 5.69 Å². The number of nitrogens with one attached hydrogen (secondary N) is 3. The van der Waals surface area contributed by atoms with Crippen LogP contribution in [0, 0.1) is 0 Å². The van der Waals surface area contributed by atoms with E-state index >= 15 is 0 Å². The van der Waals surface area contributed by atoms with Crippen LogP contribution in [0.5, 0.6) is 0 Å². The zero-order chi connectivity index (χ0) is 17.8. The van der Waals surface area contributed by atoms with Gasteiger partial charge in [-0.25, -0.2) is 9.78 Å². The highest BCUT2D eigenvalue weighted by Crippen LogP contribution is 2.22. The van der Waals surface area contributed by atoms with Crippen molar-refractivity contribution >= 4 is 22.8 Å². The molecule has 2 amide bonds. The fraction of sp³-hybridized carbons (Fsp3) is 0.0476. The van der Waals surface area contributed by atoms with Gasteiger partial charge in [0, 0.05) is 5.69 Å². The van der Waals surface area contributed by atoms with Crippen molar-refractivity contribution < 1.29 is 4.79 Å². The summed E-state index contributed by atoms with van der Waals surface area (Å²) in [5.74, 6) is 0. The van der Waals surface area contributed by atoms with Gasteiger partial charge in [-0.3, -0.25) is 0 Å². The summed E-state index contributed by atoms with van der Waals surface area (Å²) in [6, 6.07) is 24.9. The Morgan fingerprint density at radius 1 is 0.885 bits per heavy atom. The van der Waals surface area contributed by atoms with Gasteiger partial charge in [-0.15, -0.1) is 0 Å². The van der Waals surface area contributed by atoms with Crippen molar-refractivity contribution in [1.82, 2.24) is 15.3 Å². The second kappa shape index (κ2) is 7.11. The third kappa shape index (κ3) is 3.42. The number of aromatic amines is 1. The molecule has 0 bridgehead atoms. The van der Waals surface area contributed by atoms with Gasteiger partial charge in [0.05, 0.1) is 23.4 Å². The Morgan fingerprint density at radius 3 is 2.19 bits per heavy atom. The molecular weight excluding hydrogens is 324 g/mol. The monoisotopic (exact) mass is 342 g/mol. The molecule has 0 saturated carbocycles. The summed E-state index contributed by atoms with van der Waals surface area (Å²) in [5.41, 5.74) is 4.50. The largest absolute Gasteiger partial charge is 0.345 e. The molecule has 1 aromatic heterocycles. The summed E-state index contributed by atoms with van der Waals surface area (Å²) in [7, 11) is 0. The zero-order valence-corrected chi connectivity index (χ0v) is 14.0. The number of H-pyrrole nitrogens is 1. The number of hydrogen-bond donors (Lipinski definition) is 3. The SMILES string of the molecule is O=C(Nc1ccc2nc[nH]c2c1)NC(c1ccccc1)c1ccccc1. The number of carbonyl (C=O) groups is 1. The fourth-order valence-electron chi connectivity index (χ4n) is 2.96. The second-order valence-electron chi connectivity index (χ2n) is 5.99. The lowest BCUT2D eigenvalue weighted by molar-refractivity contribution is 0.250. The highest BCUT2D eigenvalue weighted by Gasteiger charge is 2.16. The number of anilines is 1. The molecule has 128 valence electrons. The number of urea groups is 1. The molecule has 3 aromatic carbocycles. The fourth-order valence-corrected chi connectivity index (χ4v) is 2.96. The van der Waals surface area contributed by atoms with Gasteiger partial charge >= 0.3 is 6.03 Å². The van der Waals surface area contributed by atoms with Crippen LogP contribution in [0.15, 0.2) is 85.2 Å². The molecular formula is C21H18N4O. The van der Waals surface area contributed by atoms with E-state index in [1.807, 2.05) is 78.9 Å². The Morgan fingerprint density at radius 2 is 1.54 bits per heavy atom. The van der Waals surface area contributed by atoms with Crippen LogP contribution in [0.2, 0.25) is 0 Å². The van der Waals surface area contributed by atoms with E-state index in [0.717, 1.165) is 22.2 Å². The molecule has 4 rings (SSSR count). The van der Waals surface area contributed by atoms with E-state index in [1.165, 1.54) is 0 Å². The summed E-state index contributed by atoms with van der Waals surface area (Å²) in [6.07, 6.45) is 1.63. The van der Waals surface area contributed by atoms with Crippen LogP contribution >= 0.6 is 0 Å². The number of benzene rings is 3. The Hall–Kier alpha value is -3.60. The average molecular weight is 342 g/mol. The average Bonchev–Trinajstić information content (AvgIpc) is 3.15. The first kappa shape index (κ1) is 15.9. The van der Waals surface area contributed by atoms with Gasteiger partial charge in [-0.1, -0.05) is 60.7 Å². The number of hydrogen-bond acceptors (Lipinski definition) is 2. The van der Waals surface area contributed by atoms with Crippen molar-refractivity contribution in [2.45, 2.75) is 6.04 Å². The lowest BCUT2D eigenvalue weighted by Gasteiger charge is -2.20. The molecule has 0 fully saturated rings. The normalized spacial score (nSPS) is 10.8. The first-order valence-electron chi connectivity index (χ1n) is 8.40. The minimum absolute atomic E-state index is 0.228. The number of amides is 2. The van der Waals surface area contributed by atoms with Gasteiger partial charge in [0.2, 0.25) is 0 Å². The van der Waals surface area contributed by atoms with Crippen LogP contribution in [0.25, 0.3) is 11.0 Å². The standard InChI is InChI=1S/C21H18N4O/c26-21(24-17-11-12-18-19(13-17)23-14-22-18)25-20(15-7-3-1-4-8-15)16-9-5-2-6-10-16/h1-14,20H,(H,22,23)(H2,24,25,26). The van der Waals surface area contributed by atoms with E-state index in [1.54, 1.807) is 6.33 Å². The minimum Gasteiger partial charge on any atom is -0.345 e. The number of imidazole rings is 1. The van der Waals surface area contributed by atoms with Crippen molar-refractivity contribution in [3.8, 4) is 0 Å². The minimum atomic E-state index is -0.262. The van der Waals surface area contributed by atoms with E-state index < -0.39 is 0 Å². The van der Waals surface area contributed by atoms with Crippen LogP contribution in [-0.4, -0.2) is 16.0 Å². The van der Waals surface area contributed by atoms with E-state index in [4.69, 9.17) is 0 Å². The van der Waals surface area contributed by atoms with Crippen molar-refractivity contribution in [3.63, 3.8) is 0 Å². The Balaban J connectivity index is 1.56. The molecule has 26 heavy (non-hydrogen) atoms. The number of nitrogens with zero attached hydrogens (tertiary/aromatic N) is 1. The molecule has 5 nitrogen and oxygen atoms in total. The zero-order valence-electron chi connectivity index (χ0n) is 14.0. The predicted molar refractivity (Wildman–Crippen MR) is 103 cm³/mol. The Bertz CT molecular complexity index is 972. The van der Waals surface area contributed by atoms with Gasteiger partial charge in [0.1, 0.15) is 0 Å². The highest BCUT2D eigenvalue weighted by molar-refractivity contribution is 5.92. The van der Waals surface area contributed by atoms with Gasteiger partial charge < -0.3 is 15.6 Å². The quantitative estimate of drug-likeness (QED) is 0.512.